The second-order valence-electron chi connectivity index (χ2n) is 3.84. The Morgan fingerprint density at radius 3 is 2.82 bits per heavy atom. The van der Waals surface area contributed by atoms with E-state index in [4.69, 9.17) is 0 Å². The lowest BCUT2D eigenvalue weighted by atomic mass is 10.3. The van der Waals surface area contributed by atoms with E-state index in [1.807, 2.05) is 41.1 Å². The zero-order valence-electron chi connectivity index (χ0n) is 9.76. The van der Waals surface area contributed by atoms with E-state index in [-0.39, 0.29) is 5.91 Å². The van der Waals surface area contributed by atoms with Crippen molar-refractivity contribution in [2.75, 3.05) is 6.54 Å². The number of carbonyl (C=O) groups is 1. The first-order valence-corrected chi connectivity index (χ1v) is 5.58. The molecule has 4 nitrogen and oxygen atoms in total. The number of hydrogen-bond donors (Lipinski definition) is 1. The highest BCUT2D eigenvalue weighted by Crippen LogP contribution is 2.07. The van der Waals surface area contributed by atoms with Crippen LogP contribution in [0.25, 0.3) is 5.69 Å². The van der Waals surface area contributed by atoms with Gasteiger partial charge >= 0.3 is 0 Å². The summed E-state index contributed by atoms with van der Waals surface area (Å²) in [7, 11) is 0. The van der Waals surface area contributed by atoms with Gasteiger partial charge in [0.1, 0.15) is 0 Å². The van der Waals surface area contributed by atoms with Crippen molar-refractivity contribution in [2.45, 2.75) is 13.3 Å². The van der Waals surface area contributed by atoms with Crippen LogP contribution >= 0.6 is 0 Å². The largest absolute Gasteiger partial charge is 0.356 e. The molecule has 1 heterocycles. The maximum atomic E-state index is 10.7. The van der Waals surface area contributed by atoms with Gasteiger partial charge in [-0.05, 0) is 12.1 Å². The van der Waals surface area contributed by atoms with Gasteiger partial charge in [-0.15, -0.1) is 0 Å². The van der Waals surface area contributed by atoms with Gasteiger partial charge in [-0.1, -0.05) is 18.2 Å². The van der Waals surface area contributed by atoms with Crippen LogP contribution < -0.4 is 5.32 Å². The van der Waals surface area contributed by atoms with Gasteiger partial charge in [0.05, 0.1) is 12.0 Å². The van der Waals surface area contributed by atoms with Crippen LogP contribution in [0.5, 0.6) is 0 Å². The van der Waals surface area contributed by atoms with Crippen LogP contribution in [0.2, 0.25) is 0 Å². The lowest BCUT2D eigenvalue weighted by molar-refractivity contribution is -0.118. The van der Waals surface area contributed by atoms with E-state index in [1.165, 1.54) is 6.92 Å². The second-order valence-corrected chi connectivity index (χ2v) is 3.84. The predicted octanol–water partition coefficient (Wildman–Crippen LogP) is 1.55. The monoisotopic (exact) mass is 229 g/mol. The third-order valence-corrected chi connectivity index (χ3v) is 2.45. The highest BCUT2D eigenvalue weighted by molar-refractivity contribution is 5.72. The van der Waals surface area contributed by atoms with E-state index in [2.05, 4.69) is 10.3 Å². The van der Waals surface area contributed by atoms with Crippen LogP contribution in [-0.2, 0) is 11.2 Å². The number of para-hydroxylation sites is 1. The molecular formula is C13H15N3O. The maximum absolute atomic E-state index is 10.7. The predicted molar refractivity (Wildman–Crippen MR) is 66.0 cm³/mol. The average molecular weight is 229 g/mol. The molecule has 0 radical (unpaired) electrons. The standard InChI is InChI=1S/C13H15N3O/c1-11(17)14-8-7-12-9-16(10-15-12)13-5-3-2-4-6-13/h2-6,9-10H,7-8H2,1H3,(H,14,17). The summed E-state index contributed by atoms with van der Waals surface area (Å²) in [6.07, 6.45) is 4.52. The SMILES string of the molecule is CC(=O)NCCc1cn(-c2ccccc2)cn1. The fourth-order valence-electron chi connectivity index (χ4n) is 1.60. The number of nitrogens with zero attached hydrogens (tertiary/aromatic N) is 2. The molecule has 1 N–H and O–H groups in total. The molecule has 0 aliphatic heterocycles. The number of imidazole rings is 1. The summed E-state index contributed by atoms with van der Waals surface area (Å²) >= 11 is 0. The third-order valence-electron chi connectivity index (χ3n) is 2.45. The van der Waals surface area contributed by atoms with Crippen LogP contribution in [0, 0.1) is 0 Å². The zero-order valence-corrected chi connectivity index (χ0v) is 9.76. The Hall–Kier alpha value is -2.10. The molecule has 0 saturated carbocycles. The summed E-state index contributed by atoms with van der Waals surface area (Å²) in [6.45, 7) is 2.14. The summed E-state index contributed by atoms with van der Waals surface area (Å²) in [5, 5.41) is 2.75. The van der Waals surface area contributed by atoms with Crippen LogP contribution in [0.4, 0.5) is 0 Å². The Labute approximate surface area is 100 Å². The minimum atomic E-state index is -0.00695. The Kier molecular flexibility index (Phi) is 3.55. The van der Waals surface area contributed by atoms with Crippen molar-refractivity contribution in [1.82, 2.24) is 14.9 Å². The molecule has 2 aromatic rings. The van der Waals surface area contributed by atoms with Gasteiger partial charge in [0.15, 0.2) is 0 Å². The molecule has 0 aliphatic rings. The fourth-order valence-corrected chi connectivity index (χ4v) is 1.60. The third kappa shape index (κ3) is 3.17. The van der Waals surface area contributed by atoms with Crippen molar-refractivity contribution in [3.8, 4) is 5.69 Å². The number of nitrogens with one attached hydrogen (secondary N) is 1. The van der Waals surface area contributed by atoms with E-state index in [9.17, 15) is 4.79 Å². The molecule has 0 aliphatic carbocycles. The first-order chi connectivity index (χ1) is 8.25. The number of rotatable bonds is 4. The highest BCUT2D eigenvalue weighted by atomic mass is 16.1. The summed E-state index contributed by atoms with van der Waals surface area (Å²) < 4.78 is 1.98. The molecule has 1 amide bonds. The maximum Gasteiger partial charge on any atom is 0.216 e. The molecule has 88 valence electrons. The van der Waals surface area contributed by atoms with E-state index in [0.29, 0.717) is 6.54 Å². The molecule has 4 heteroatoms. The number of benzene rings is 1. The summed E-state index contributed by atoms with van der Waals surface area (Å²) in [4.78, 5) is 15.0. The van der Waals surface area contributed by atoms with Crippen molar-refractivity contribution < 1.29 is 4.79 Å². The van der Waals surface area contributed by atoms with Crippen molar-refractivity contribution in [1.29, 1.82) is 0 Å². The molecule has 0 atom stereocenters. The Morgan fingerprint density at radius 2 is 2.12 bits per heavy atom. The summed E-state index contributed by atoms with van der Waals surface area (Å²) in [5.74, 6) is -0.00695. The molecule has 0 unspecified atom stereocenters. The number of hydrogen-bond acceptors (Lipinski definition) is 2. The molecular weight excluding hydrogens is 214 g/mol. The minimum Gasteiger partial charge on any atom is -0.356 e. The van der Waals surface area contributed by atoms with Crippen molar-refractivity contribution >= 4 is 5.91 Å². The van der Waals surface area contributed by atoms with Crippen LogP contribution in [0.1, 0.15) is 12.6 Å². The van der Waals surface area contributed by atoms with E-state index >= 15 is 0 Å². The van der Waals surface area contributed by atoms with Gasteiger partial charge < -0.3 is 9.88 Å². The van der Waals surface area contributed by atoms with Crippen LogP contribution in [0.15, 0.2) is 42.9 Å². The Morgan fingerprint density at radius 1 is 1.35 bits per heavy atom. The Balaban J connectivity index is 1.99. The van der Waals surface area contributed by atoms with Crippen molar-refractivity contribution in [3.05, 3.63) is 48.5 Å². The van der Waals surface area contributed by atoms with E-state index in [0.717, 1.165) is 17.8 Å². The molecule has 2 rings (SSSR count). The Bertz CT molecular complexity index is 490. The quantitative estimate of drug-likeness (QED) is 0.864. The molecule has 0 fully saturated rings. The van der Waals surface area contributed by atoms with Crippen LogP contribution in [-0.4, -0.2) is 22.0 Å². The number of amides is 1. The summed E-state index contributed by atoms with van der Waals surface area (Å²) in [5.41, 5.74) is 2.06. The normalized spacial score (nSPS) is 10.2. The van der Waals surface area contributed by atoms with Crippen LogP contribution in [0.3, 0.4) is 0 Å². The zero-order chi connectivity index (χ0) is 12.1. The second kappa shape index (κ2) is 5.30. The topological polar surface area (TPSA) is 46.9 Å². The minimum absolute atomic E-state index is 0.00695. The van der Waals surface area contributed by atoms with Gasteiger partial charge in [-0.3, -0.25) is 4.79 Å². The van der Waals surface area contributed by atoms with Gasteiger partial charge in [0.25, 0.3) is 0 Å². The smallest absolute Gasteiger partial charge is 0.216 e. The van der Waals surface area contributed by atoms with Crippen molar-refractivity contribution in [2.24, 2.45) is 0 Å². The first kappa shape index (κ1) is 11.4. The molecule has 17 heavy (non-hydrogen) atoms. The van der Waals surface area contributed by atoms with E-state index in [1.54, 1.807) is 6.33 Å². The highest BCUT2D eigenvalue weighted by Gasteiger charge is 2.00. The van der Waals surface area contributed by atoms with Gasteiger partial charge in [0, 0.05) is 31.8 Å². The van der Waals surface area contributed by atoms with Gasteiger partial charge in [-0.25, -0.2) is 4.98 Å². The van der Waals surface area contributed by atoms with Crippen molar-refractivity contribution in [3.63, 3.8) is 0 Å². The number of carbonyl (C=O) groups excluding carboxylic acids is 1. The molecule has 0 spiro atoms. The molecule has 0 bridgehead atoms. The van der Waals surface area contributed by atoms with Gasteiger partial charge in [-0.2, -0.15) is 0 Å². The lowest BCUT2D eigenvalue weighted by Crippen LogP contribution is -2.22. The lowest BCUT2D eigenvalue weighted by Gasteiger charge is -2.00. The molecule has 1 aromatic heterocycles. The van der Waals surface area contributed by atoms with Gasteiger partial charge in [0.2, 0.25) is 5.91 Å². The average Bonchev–Trinajstić information content (AvgIpc) is 2.78. The summed E-state index contributed by atoms with van der Waals surface area (Å²) in [6, 6.07) is 10.0. The fraction of sp³-hybridized carbons (Fsp3) is 0.231. The molecule has 1 aromatic carbocycles. The number of aromatic nitrogens is 2. The molecule has 0 saturated heterocycles. The van der Waals surface area contributed by atoms with E-state index < -0.39 is 0 Å². The first-order valence-electron chi connectivity index (χ1n) is 5.58.